The smallest absolute Gasteiger partial charge is 0.256 e. The lowest BCUT2D eigenvalue weighted by atomic mass is 9.93. The predicted octanol–water partition coefficient (Wildman–Crippen LogP) is 5.80. The average molecular weight is 472 g/mol. The molecule has 1 aliphatic carbocycles. The van der Waals surface area contributed by atoms with Crippen LogP contribution in [0.3, 0.4) is 0 Å². The Morgan fingerprint density at radius 2 is 1.77 bits per heavy atom. The molecule has 3 rings (SSSR count). The van der Waals surface area contributed by atoms with Crippen molar-refractivity contribution >= 4 is 44.4 Å². The fourth-order valence-electron chi connectivity index (χ4n) is 3.24. The minimum atomic E-state index is -4.35. The second kappa shape index (κ2) is 8.53. The van der Waals surface area contributed by atoms with E-state index in [-0.39, 0.29) is 9.76 Å². The molecule has 2 aromatic carbocycles. The van der Waals surface area contributed by atoms with Gasteiger partial charge in [-0.3, -0.25) is 4.31 Å². The molecule has 9 heteroatoms. The SMILES string of the molecule is CC1=CC(F)C(=S)C=C1[C@@H](C)N(c1cc(F)ccc1F)S(=O)(=O)c1ccc(Cl)cc1. The van der Waals surface area contributed by atoms with Crippen molar-refractivity contribution in [2.24, 2.45) is 0 Å². The number of alkyl halides is 1. The minimum Gasteiger partial charge on any atom is -0.256 e. The van der Waals surface area contributed by atoms with Gasteiger partial charge in [0.15, 0.2) is 6.17 Å². The van der Waals surface area contributed by atoms with Crippen molar-refractivity contribution in [2.45, 2.75) is 31.0 Å². The molecule has 158 valence electrons. The van der Waals surface area contributed by atoms with E-state index in [1.54, 1.807) is 6.92 Å². The second-order valence-electron chi connectivity index (χ2n) is 6.78. The van der Waals surface area contributed by atoms with Crippen LogP contribution in [0, 0.1) is 11.6 Å². The van der Waals surface area contributed by atoms with Crippen molar-refractivity contribution in [2.75, 3.05) is 4.31 Å². The summed E-state index contributed by atoms with van der Waals surface area (Å²) in [5.41, 5.74) is 0.367. The first-order chi connectivity index (χ1) is 14.0. The van der Waals surface area contributed by atoms with Crippen LogP contribution >= 0.6 is 23.8 Å². The first-order valence-corrected chi connectivity index (χ1v) is 11.1. The Labute approximate surface area is 183 Å². The van der Waals surface area contributed by atoms with Gasteiger partial charge in [0.1, 0.15) is 11.6 Å². The molecule has 1 aliphatic rings. The fourth-order valence-corrected chi connectivity index (χ4v) is 5.20. The number of hydrogen-bond donors (Lipinski definition) is 0. The van der Waals surface area contributed by atoms with Gasteiger partial charge in [0, 0.05) is 11.1 Å². The zero-order valence-electron chi connectivity index (χ0n) is 15.9. The van der Waals surface area contributed by atoms with Crippen LogP contribution in [0.4, 0.5) is 18.9 Å². The zero-order valence-corrected chi connectivity index (χ0v) is 18.3. The molecule has 0 heterocycles. The molecule has 3 nitrogen and oxygen atoms in total. The quantitative estimate of drug-likeness (QED) is 0.517. The van der Waals surface area contributed by atoms with Gasteiger partial charge >= 0.3 is 0 Å². The maximum absolute atomic E-state index is 14.7. The number of nitrogens with zero attached hydrogens (tertiary/aromatic N) is 1. The summed E-state index contributed by atoms with van der Waals surface area (Å²) in [6.45, 7) is 3.11. The van der Waals surface area contributed by atoms with Crippen LogP contribution in [-0.2, 0) is 10.0 Å². The number of benzene rings is 2. The highest BCUT2D eigenvalue weighted by atomic mass is 35.5. The molecular weight excluding hydrogens is 455 g/mol. The van der Waals surface area contributed by atoms with Crippen LogP contribution in [0.5, 0.6) is 0 Å². The van der Waals surface area contributed by atoms with E-state index in [0.29, 0.717) is 16.2 Å². The summed E-state index contributed by atoms with van der Waals surface area (Å²) in [4.78, 5) is -0.183. The Bertz CT molecular complexity index is 1160. The van der Waals surface area contributed by atoms with Gasteiger partial charge in [0.05, 0.1) is 21.5 Å². The van der Waals surface area contributed by atoms with E-state index in [2.05, 4.69) is 0 Å². The van der Waals surface area contributed by atoms with Gasteiger partial charge in [-0.25, -0.2) is 21.6 Å². The first-order valence-electron chi connectivity index (χ1n) is 8.85. The summed E-state index contributed by atoms with van der Waals surface area (Å²) in [6, 6.07) is 6.84. The molecule has 1 unspecified atom stereocenters. The van der Waals surface area contributed by atoms with Crippen molar-refractivity contribution in [3.63, 3.8) is 0 Å². The van der Waals surface area contributed by atoms with Gasteiger partial charge in [0.2, 0.25) is 0 Å². The molecule has 2 aromatic rings. The van der Waals surface area contributed by atoms with Gasteiger partial charge in [-0.2, -0.15) is 0 Å². The third-order valence-electron chi connectivity index (χ3n) is 4.74. The number of halogens is 4. The molecule has 0 bridgehead atoms. The third-order valence-corrected chi connectivity index (χ3v) is 7.23. The second-order valence-corrected chi connectivity index (χ2v) is 9.50. The van der Waals surface area contributed by atoms with Gasteiger partial charge in [0.25, 0.3) is 10.0 Å². The molecule has 0 aliphatic heterocycles. The van der Waals surface area contributed by atoms with E-state index in [0.717, 1.165) is 22.5 Å². The normalized spacial score (nSPS) is 17.9. The highest BCUT2D eigenvalue weighted by Crippen LogP contribution is 2.35. The molecule has 2 atom stereocenters. The van der Waals surface area contributed by atoms with E-state index in [4.69, 9.17) is 23.8 Å². The lowest BCUT2D eigenvalue weighted by Gasteiger charge is -2.34. The molecule has 0 fully saturated rings. The van der Waals surface area contributed by atoms with Crippen molar-refractivity contribution in [1.82, 2.24) is 0 Å². The minimum absolute atomic E-state index is 0.0222. The standard InChI is InChI=1S/C21H17ClF3NO2S2/c1-12-9-19(25)21(29)11-17(12)13(2)26(20-10-15(23)5-8-18(20)24)30(27,28)16-6-3-14(22)4-7-16/h3-11,13,19H,1-2H3/t13-,19?/m1/s1. The van der Waals surface area contributed by atoms with Gasteiger partial charge < -0.3 is 0 Å². The summed E-state index contributed by atoms with van der Waals surface area (Å²) in [6.07, 6.45) is 1.16. The predicted molar refractivity (Wildman–Crippen MR) is 116 cm³/mol. The number of sulfonamides is 1. The molecule has 0 saturated carbocycles. The van der Waals surface area contributed by atoms with Crippen molar-refractivity contribution in [3.05, 3.63) is 82.4 Å². The summed E-state index contributed by atoms with van der Waals surface area (Å²) >= 11 is 10.9. The van der Waals surface area contributed by atoms with Crippen LogP contribution in [0.15, 0.2) is 70.7 Å². The summed E-state index contributed by atoms with van der Waals surface area (Å²) < 4.78 is 70.3. The van der Waals surface area contributed by atoms with Crippen LogP contribution in [0.25, 0.3) is 0 Å². The van der Waals surface area contributed by atoms with Crippen LogP contribution < -0.4 is 4.31 Å². The Morgan fingerprint density at radius 3 is 2.40 bits per heavy atom. The topological polar surface area (TPSA) is 37.4 Å². The molecule has 0 aromatic heterocycles. The van der Waals surface area contributed by atoms with E-state index in [9.17, 15) is 21.6 Å². The summed E-state index contributed by atoms with van der Waals surface area (Å²) in [5.74, 6) is -1.73. The summed E-state index contributed by atoms with van der Waals surface area (Å²) in [5, 5.41) is 0.318. The number of hydrogen-bond acceptors (Lipinski definition) is 3. The molecule has 0 saturated heterocycles. The molecular formula is C21H17ClF3NO2S2. The fraction of sp³-hybridized carbons (Fsp3) is 0.190. The van der Waals surface area contributed by atoms with E-state index < -0.39 is 39.6 Å². The largest absolute Gasteiger partial charge is 0.264 e. The highest BCUT2D eigenvalue weighted by Gasteiger charge is 2.35. The van der Waals surface area contributed by atoms with Crippen LogP contribution in [-0.4, -0.2) is 25.5 Å². The molecule has 0 amide bonds. The lowest BCUT2D eigenvalue weighted by molar-refractivity contribution is 0.493. The Kier molecular flexibility index (Phi) is 6.40. The maximum Gasteiger partial charge on any atom is 0.264 e. The lowest BCUT2D eigenvalue weighted by Crippen LogP contribution is -2.41. The number of anilines is 1. The Balaban J connectivity index is 2.22. The van der Waals surface area contributed by atoms with Crippen molar-refractivity contribution in [1.29, 1.82) is 0 Å². The zero-order chi connectivity index (χ0) is 22.2. The van der Waals surface area contributed by atoms with Crippen LogP contribution in [0.2, 0.25) is 5.02 Å². The van der Waals surface area contributed by atoms with Crippen molar-refractivity contribution < 1.29 is 21.6 Å². The van der Waals surface area contributed by atoms with Crippen LogP contribution in [0.1, 0.15) is 13.8 Å². The Hall–Kier alpha value is -2.16. The summed E-state index contributed by atoms with van der Waals surface area (Å²) in [7, 11) is -4.35. The number of allylic oxidation sites excluding steroid dienone is 2. The van der Waals surface area contributed by atoms with E-state index in [1.807, 2.05) is 0 Å². The first kappa shape index (κ1) is 22.5. The maximum atomic E-state index is 14.7. The molecule has 0 spiro atoms. The third kappa shape index (κ3) is 4.31. The molecule has 0 radical (unpaired) electrons. The highest BCUT2D eigenvalue weighted by molar-refractivity contribution is 7.92. The Morgan fingerprint density at radius 1 is 1.13 bits per heavy atom. The van der Waals surface area contributed by atoms with Crippen molar-refractivity contribution in [3.8, 4) is 0 Å². The van der Waals surface area contributed by atoms with Gasteiger partial charge in [-0.1, -0.05) is 23.8 Å². The van der Waals surface area contributed by atoms with Gasteiger partial charge in [-0.15, -0.1) is 0 Å². The molecule has 0 N–H and O–H groups in total. The number of thiocarbonyl (C=S) groups is 1. The number of rotatable bonds is 5. The van der Waals surface area contributed by atoms with E-state index >= 15 is 0 Å². The average Bonchev–Trinajstić information content (AvgIpc) is 2.67. The monoisotopic (exact) mass is 471 g/mol. The molecule has 30 heavy (non-hydrogen) atoms. The van der Waals surface area contributed by atoms with E-state index in [1.165, 1.54) is 43.3 Å². The van der Waals surface area contributed by atoms with Gasteiger partial charge in [-0.05, 0) is 73.5 Å².